The van der Waals surface area contributed by atoms with E-state index in [-0.39, 0.29) is 23.4 Å². The van der Waals surface area contributed by atoms with Crippen molar-refractivity contribution in [2.75, 3.05) is 12.0 Å². The topological polar surface area (TPSA) is 46.6 Å². The molecule has 0 aliphatic carbocycles. The lowest BCUT2D eigenvalue weighted by Gasteiger charge is -2.17. The lowest BCUT2D eigenvalue weighted by atomic mass is 10.0. The molecule has 1 aliphatic rings. The molecule has 1 heterocycles. The zero-order valence-corrected chi connectivity index (χ0v) is 12.6. The number of ether oxygens (including phenoxy) is 1. The minimum atomic E-state index is -4.50. The Kier molecular flexibility index (Phi) is 3.79. The summed E-state index contributed by atoms with van der Waals surface area (Å²) in [4.78, 5) is 25.7. The number of nitrogens with zero attached hydrogens (tertiary/aromatic N) is 1. The van der Waals surface area contributed by atoms with Crippen molar-refractivity contribution in [1.29, 1.82) is 0 Å². The third-order valence-electron chi connectivity index (χ3n) is 3.83. The number of esters is 1. The van der Waals surface area contributed by atoms with Gasteiger partial charge in [0.05, 0.1) is 30.3 Å². The fourth-order valence-electron chi connectivity index (χ4n) is 2.70. The molecule has 0 saturated carbocycles. The molecular formula is C17H12F3NO3. The van der Waals surface area contributed by atoms with E-state index in [0.29, 0.717) is 5.56 Å². The molecule has 0 saturated heterocycles. The monoisotopic (exact) mass is 335 g/mol. The lowest BCUT2D eigenvalue weighted by Crippen LogP contribution is -2.24. The van der Waals surface area contributed by atoms with E-state index in [4.69, 9.17) is 0 Å². The normalized spacial score (nSPS) is 13.8. The summed E-state index contributed by atoms with van der Waals surface area (Å²) in [6.45, 7) is 0.0975. The number of amides is 1. The van der Waals surface area contributed by atoms with Crippen LogP contribution in [0.2, 0.25) is 0 Å². The van der Waals surface area contributed by atoms with Gasteiger partial charge in [-0.05, 0) is 29.8 Å². The largest absolute Gasteiger partial charge is 0.465 e. The molecule has 7 heteroatoms. The van der Waals surface area contributed by atoms with Crippen molar-refractivity contribution in [1.82, 2.24) is 0 Å². The van der Waals surface area contributed by atoms with Crippen LogP contribution in [0.1, 0.15) is 31.8 Å². The predicted octanol–water partition coefficient (Wildman–Crippen LogP) is 3.65. The summed E-state index contributed by atoms with van der Waals surface area (Å²) >= 11 is 0. The number of rotatable bonds is 2. The third-order valence-corrected chi connectivity index (χ3v) is 3.83. The van der Waals surface area contributed by atoms with Gasteiger partial charge in [-0.3, -0.25) is 4.79 Å². The Bertz CT molecular complexity index is 830. The number of carbonyl (C=O) groups is 2. The van der Waals surface area contributed by atoms with Crippen molar-refractivity contribution in [2.45, 2.75) is 12.7 Å². The maximum absolute atomic E-state index is 12.9. The van der Waals surface area contributed by atoms with Gasteiger partial charge in [0.1, 0.15) is 0 Å². The first-order valence-electron chi connectivity index (χ1n) is 7.02. The van der Waals surface area contributed by atoms with E-state index >= 15 is 0 Å². The third kappa shape index (κ3) is 2.62. The molecule has 0 radical (unpaired) electrons. The van der Waals surface area contributed by atoms with Gasteiger partial charge in [-0.25, -0.2) is 4.79 Å². The zero-order chi connectivity index (χ0) is 17.5. The van der Waals surface area contributed by atoms with Crippen molar-refractivity contribution in [3.05, 3.63) is 64.7 Å². The maximum Gasteiger partial charge on any atom is 0.416 e. The van der Waals surface area contributed by atoms with Crippen LogP contribution in [0.4, 0.5) is 18.9 Å². The fourth-order valence-corrected chi connectivity index (χ4v) is 2.70. The average Bonchev–Trinajstić information content (AvgIpc) is 2.90. The highest BCUT2D eigenvalue weighted by molar-refractivity contribution is 6.15. The molecule has 4 nitrogen and oxygen atoms in total. The van der Waals surface area contributed by atoms with Crippen molar-refractivity contribution in [2.24, 2.45) is 0 Å². The van der Waals surface area contributed by atoms with E-state index in [9.17, 15) is 22.8 Å². The van der Waals surface area contributed by atoms with Crippen LogP contribution in [0.5, 0.6) is 0 Å². The van der Waals surface area contributed by atoms with Gasteiger partial charge in [0, 0.05) is 5.69 Å². The summed E-state index contributed by atoms with van der Waals surface area (Å²) in [5, 5.41) is 0. The molecule has 0 spiro atoms. The Balaban J connectivity index is 2.02. The Morgan fingerprint density at radius 2 is 1.88 bits per heavy atom. The standard InChI is InChI=1S/C17H12F3NO3/c1-24-16(23)13-7-2-4-10-9-21(15(22)14(10)13)12-6-3-5-11(8-12)17(18,19)20/h2-8H,9H2,1H3. The predicted molar refractivity (Wildman–Crippen MR) is 79.7 cm³/mol. The summed E-state index contributed by atoms with van der Waals surface area (Å²) in [5.74, 6) is -1.18. The van der Waals surface area contributed by atoms with E-state index < -0.39 is 23.6 Å². The number of hydrogen-bond donors (Lipinski definition) is 0. The molecule has 0 fully saturated rings. The average molecular weight is 335 g/mol. The van der Waals surface area contributed by atoms with E-state index in [2.05, 4.69) is 4.74 Å². The van der Waals surface area contributed by atoms with Crippen LogP contribution in [0.15, 0.2) is 42.5 Å². The van der Waals surface area contributed by atoms with Gasteiger partial charge in [0.15, 0.2) is 0 Å². The lowest BCUT2D eigenvalue weighted by molar-refractivity contribution is -0.137. The second kappa shape index (κ2) is 5.67. The van der Waals surface area contributed by atoms with Crippen molar-refractivity contribution in [3.8, 4) is 0 Å². The molecule has 0 aromatic heterocycles. The summed E-state index contributed by atoms with van der Waals surface area (Å²) in [6.07, 6.45) is -4.50. The van der Waals surface area contributed by atoms with Crippen molar-refractivity contribution in [3.63, 3.8) is 0 Å². The van der Waals surface area contributed by atoms with Gasteiger partial charge in [-0.15, -0.1) is 0 Å². The minimum Gasteiger partial charge on any atom is -0.465 e. The Morgan fingerprint density at radius 1 is 1.17 bits per heavy atom. The second-order valence-corrected chi connectivity index (χ2v) is 5.27. The van der Waals surface area contributed by atoms with Gasteiger partial charge in [-0.2, -0.15) is 13.2 Å². The molecular weight excluding hydrogens is 323 g/mol. The van der Waals surface area contributed by atoms with Gasteiger partial charge >= 0.3 is 12.1 Å². The molecule has 2 aromatic rings. The summed E-state index contributed by atoms with van der Waals surface area (Å²) in [7, 11) is 1.20. The Hall–Kier alpha value is -2.83. The molecule has 24 heavy (non-hydrogen) atoms. The van der Waals surface area contributed by atoms with Crippen LogP contribution >= 0.6 is 0 Å². The highest BCUT2D eigenvalue weighted by atomic mass is 19.4. The molecule has 1 amide bonds. The van der Waals surface area contributed by atoms with Crippen LogP contribution < -0.4 is 4.90 Å². The highest BCUT2D eigenvalue weighted by Crippen LogP contribution is 2.35. The number of hydrogen-bond acceptors (Lipinski definition) is 3. The smallest absolute Gasteiger partial charge is 0.416 e. The number of benzene rings is 2. The molecule has 0 unspecified atom stereocenters. The van der Waals surface area contributed by atoms with Gasteiger partial charge in [0.2, 0.25) is 0 Å². The van der Waals surface area contributed by atoms with Crippen molar-refractivity contribution >= 4 is 17.6 Å². The number of anilines is 1. The molecule has 3 rings (SSSR count). The molecule has 0 atom stereocenters. The number of carbonyl (C=O) groups excluding carboxylic acids is 2. The summed E-state index contributed by atoms with van der Waals surface area (Å²) < 4.78 is 43.3. The second-order valence-electron chi connectivity index (χ2n) is 5.27. The van der Waals surface area contributed by atoms with Crippen LogP contribution in [0.25, 0.3) is 0 Å². The quantitative estimate of drug-likeness (QED) is 0.787. The number of alkyl halides is 3. The first kappa shape index (κ1) is 16.0. The zero-order valence-electron chi connectivity index (χ0n) is 12.6. The number of methoxy groups -OCH3 is 1. The van der Waals surface area contributed by atoms with E-state index in [1.165, 1.54) is 30.2 Å². The number of fused-ring (bicyclic) bond motifs is 1. The fraction of sp³-hybridized carbons (Fsp3) is 0.176. The maximum atomic E-state index is 12.9. The molecule has 0 bridgehead atoms. The first-order valence-corrected chi connectivity index (χ1v) is 7.02. The summed E-state index contributed by atoms with van der Waals surface area (Å²) in [6, 6.07) is 9.25. The summed E-state index contributed by atoms with van der Waals surface area (Å²) in [5.41, 5.74) is 0.135. The number of halogens is 3. The molecule has 0 N–H and O–H groups in total. The molecule has 124 valence electrons. The molecule has 2 aromatic carbocycles. The van der Waals surface area contributed by atoms with Crippen molar-refractivity contribution < 1.29 is 27.5 Å². The van der Waals surface area contributed by atoms with E-state index in [0.717, 1.165) is 12.1 Å². The Labute approximate surface area is 135 Å². The van der Waals surface area contributed by atoms with Crippen LogP contribution in [0.3, 0.4) is 0 Å². The van der Waals surface area contributed by atoms with Gasteiger partial charge < -0.3 is 9.64 Å². The van der Waals surface area contributed by atoms with Gasteiger partial charge in [-0.1, -0.05) is 18.2 Å². The van der Waals surface area contributed by atoms with Crippen LogP contribution in [-0.4, -0.2) is 19.0 Å². The van der Waals surface area contributed by atoms with E-state index in [1.807, 2.05) is 0 Å². The Morgan fingerprint density at radius 3 is 2.54 bits per heavy atom. The minimum absolute atomic E-state index is 0.0975. The van der Waals surface area contributed by atoms with E-state index in [1.54, 1.807) is 12.1 Å². The first-order chi connectivity index (χ1) is 11.3. The highest BCUT2D eigenvalue weighted by Gasteiger charge is 2.35. The SMILES string of the molecule is COC(=O)c1cccc2c1C(=O)N(c1cccc(C(F)(F)F)c1)C2. The van der Waals surface area contributed by atoms with Crippen LogP contribution in [0, 0.1) is 0 Å². The molecule has 1 aliphatic heterocycles. The van der Waals surface area contributed by atoms with Gasteiger partial charge in [0.25, 0.3) is 5.91 Å². The van der Waals surface area contributed by atoms with Crippen LogP contribution in [-0.2, 0) is 17.5 Å².